The number of sulfonamides is 1. The number of aromatic nitrogens is 2. The molecule has 5 nitrogen and oxygen atoms in total. The van der Waals surface area contributed by atoms with E-state index in [1.807, 2.05) is 0 Å². The van der Waals surface area contributed by atoms with Gasteiger partial charge in [-0.25, -0.2) is 17.8 Å². The van der Waals surface area contributed by atoms with Gasteiger partial charge in [-0.1, -0.05) is 18.2 Å². The van der Waals surface area contributed by atoms with Gasteiger partial charge in [0, 0.05) is 19.4 Å². The van der Waals surface area contributed by atoms with Crippen LogP contribution in [-0.4, -0.2) is 18.0 Å². The van der Waals surface area contributed by atoms with E-state index in [2.05, 4.69) is 9.71 Å². The van der Waals surface area contributed by atoms with Gasteiger partial charge < -0.3 is 4.57 Å². The van der Waals surface area contributed by atoms with E-state index >= 15 is 0 Å². The predicted molar refractivity (Wildman–Crippen MR) is 93.2 cm³/mol. The van der Waals surface area contributed by atoms with E-state index in [0.29, 0.717) is 6.07 Å². The molecule has 1 unspecified atom stereocenters. The van der Waals surface area contributed by atoms with Crippen molar-refractivity contribution in [2.24, 2.45) is 7.05 Å². The number of aryl methyl sites for hydroxylation is 1. The van der Waals surface area contributed by atoms with E-state index in [0.717, 1.165) is 24.3 Å². The van der Waals surface area contributed by atoms with E-state index < -0.39 is 38.5 Å². The molecule has 0 aliphatic carbocycles. The molecule has 2 aromatic carbocycles. The van der Waals surface area contributed by atoms with E-state index in [1.54, 1.807) is 13.2 Å². The number of hydrogen-bond donors (Lipinski definition) is 1. The molecule has 10 heteroatoms. The van der Waals surface area contributed by atoms with Crippen molar-refractivity contribution in [3.63, 3.8) is 0 Å². The van der Waals surface area contributed by atoms with Gasteiger partial charge in [0.2, 0.25) is 10.0 Å². The first-order chi connectivity index (χ1) is 13.1. The summed E-state index contributed by atoms with van der Waals surface area (Å²) >= 11 is 0. The number of halogens is 4. The molecule has 0 saturated heterocycles. The van der Waals surface area contributed by atoms with Crippen LogP contribution in [0.3, 0.4) is 0 Å². The second-order valence-corrected chi connectivity index (χ2v) is 7.75. The normalized spacial score (nSPS) is 13.5. The lowest BCUT2D eigenvalue weighted by Gasteiger charge is -2.19. The SMILES string of the molecule is Cn1ccnc1C(NS(=O)(=O)c1cccc(C(F)(F)F)c1)c1cccc(F)c1. The summed E-state index contributed by atoms with van der Waals surface area (Å²) in [7, 11) is -2.75. The first-order valence-electron chi connectivity index (χ1n) is 8.00. The summed E-state index contributed by atoms with van der Waals surface area (Å²) in [6.45, 7) is 0. The Morgan fingerprint density at radius 1 is 1.11 bits per heavy atom. The Hall–Kier alpha value is -2.72. The van der Waals surface area contributed by atoms with Crippen LogP contribution in [0.4, 0.5) is 17.6 Å². The molecular weight excluding hydrogens is 398 g/mol. The first-order valence-corrected chi connectivity index (χ1v) is 9.48. The first kappa shape index (κ1) is 20.0. The third-order valence-electron chi connectivity index (χ3n) is 4.04. The minimum absolute atomic E-state index is 0.251. The van der Waals surface area contributed by atoms with Crippen LogP contribution >= 0.6 is 0 Å². The number of nitrogens with zero attached hydrogens (tertiary/aromatic N) is 2. The van der Waals surface area contributed by atoms with Crippen molar-refractivity contribution in [1.29, 1.82) is 0 Å². The van der Waals surface area contributed by atoms with Crippen LogP contribution in [0.25, 0.3) is 0 Å². The minimum atomic E-state index is -4.69. The van der Waals surface area contributed by atoms with Crippen LogP contribution in [0.15, 0.2) is 65.8 Å². The van der Waals surface area contributed by atoms with E-state index in [1.165, 1.54) is 29.0 Å². The molecule has 1 aromatic heterocycles. The van der Waals surface area contributed by atoms with Gasteiger partial charge in [-0.15, -0.1) is 0 Å². The molecular formula is C18H15F4N3O2S. The molecule has 3 aromatic rings. The zero-order valence-corrected chi connectivity index (χ0v) is 15.3. The number of imidazole rings is 1. The quantitative estimate of drug-likeness (QED) is 0.650. The number of rotatable bonds is 5. The molecule has 28 heavy (non-hydrogen) atoms. The van der Waals surface area contributed by atoms with Gasteiger partial charge in [0.1, 0.15) is 17.7 Å². The van der Waals surface area contributed by atoms with Crippen molar-refractivity contribution < 1.29 is 26.0 Å². The highest BCUT2D eigenvalue weighted by Gasteiger charge is 2.32. The molecule has 0 aliphatic rings. The molecule has 0 bridgehead atoms. The monoisotopic (exact) mass is 413 g/mol. The number of nitrogens with one attached hydrogen (secondary N) is 1. The zero-order valence-electron chi connectivity index (χ0n) is 14.5. The van der Waals surface area contributed by atoms with E-state index in [-0.39, 0.29) is 11.4 Å². The lowest BCUT2D eigenvalue weighted by Crippen LogP contribution is -2.31. The Balaban J connectivity index is 2.05. The van der Waals surface area contributed by atoms with Gasteiger partial charge in [-0.2, -0.15) is 17.9 Å². The highest BCUT2D eigenvalue weighted by molar-refractivity contribution is 7.89. The van der Waals surface area contributed by atoms with Crippen LogP contribution in [0.5, 0.6) is 0 Å². The molecule has 0 fully saturated rings. The van der Waals surface area contributed by atoms with E-state index in [9.17, 15) is 26.0 Å². The van der Waals surface area contributed by atoms with Crippen LogP contribution < -0.4 is 4.72 Å². The van der Waals surface area contributed by atoms with Crippen molar-refractivity contribution in [2.75, 3.05) is 0 Å². The fourth-order valence-electron chi connectivity index (χ4n) is 2.67. The number of alkyl halides is 3. The molecule has 0 radical (unpaired) electrons. The molecule has 0 aliphatic heterocycles. The smallest absolute Gasteiger partial charge is 0.336 e. The molecule has 1 N–H and O–H groups in total. The average molecular weight is 413 g/mol. The minimum Gasteiger partial charge on any atom is -0.336 e. The van der Waals surface area contributed by atoms with Crippen molar-refractivity contribution in [3.8, 4) is 0 Å². The van der Waals surface area contributed by atoms with Crippen molar-refractivity contribution in [1.82, 2.24) is 14.3 Å². The molecule has 0 saturated carbocycles. The Labute approximate surface area is 158 Å². The molecule has 1 atom stereocenters. The largest absolute Gasteiger partial charge is 0.416 e. The molecule has 148 valence electrons. The number of benzene rings is 2. The standard InChI is InChI=1S/C18H15F4N3O2S/c1-25-9-8-23-17(25)16(12-4-2-6-14(19)10-12)24-28(26,27)15-7-3-5-13(11-15)18(20,21)22/h2-11,16,24H,1H3. The second kappa shape index (κ2) is 7.36. The fourth-order valence-corrected chi connectivity index (χ4v) is 3.90. The van der Waals surface area contributed by atoms with Crippen LogP contribution in [-0.2, 0) is 23.2 Å². The Morgan fingerprint density at radius 3 is 2.43 bits per heavy atom. The van der Waals surface area contributed by atoms with Crippen molar-refractivity contribution >= 4 is 10.0 Å². The Morgan fingerprint density at radius 2 is 1.82 bits per heavy atom. The second-order valence-electron chi connectivity index (χ2n) is 6.03. The lowest BCUT2D eigenvalue weighted by atomic mass is 10.1. The van der Waals surface area contributed by atoms with Gasteiger partial charge in [-0.3, -0.25) is 0 Å². The molecule has 3 rings (SSSR count). The highest BCUT2D eigenvalue weighted by atomic mass is 32.2. The molecule has 1 heterocycles. The van der Waals surface area contributed by atoms with Gasteiger partial charge in [0.15, 0.2) is 0 Å². The lowest BCUT2D eigenvalue weighted by molar-refractivity contribution is -0.137. The summed E-state index contributed by atoms with van der Waals surface area (Å²) in [5, 5.41) is 0. The summed E-state index contributed by atoms with van der Waals surface area (Å²) in [5.41, 5.74) is -0.834. The van der Waals surface area contributed by atoms with Crippen molar-refractivity contribution in [2.45, 2.75) is 17.1 Å². The summed E-state index contributed by atoms with van der Waals surface area (Å²) in [5.74, 6) is -0.337. The maximum atomic E-state index is 13.7. The molecule has 0 spiro atoms. The van der Waals surface area contributed by atoms with Crippen LogP contribution in [0.1, 0.15) is 23.0 Å². The van der Waals surface area contributed by atoms with Gasteiger partial charge in [0.05, 0.1) is 10.5 Å². The van der Waals surface area contributed by atoms with Crippen molar-refractivity contribution in [3.05, 3.63) is 83.7 Å². The Bertz CT molecular complexity index is 1090. The maximum Gasteiger partial charge on any atom is 0.416 e. The molecule has 0 amide bonds. The summed E-state index contributed by atoms with van der Waals surface area (Å²) in [6, 6.07) is 7.51. The van der Waals surface area contributed by atoms with Crippen LogP contribution in [0.2, 0.25) is 0 Å². The summed E-state index contributed by atoms with van der Waals surface area (Å²) < 4.78 is 81.9. The summed E-state index contributed by atoms with van der Waals surface area (Å²) in [6.07, 6.45) is -1.69. The highest BCUT2D eigenvalue weighted by Crippen LogP contribution is 2.31. The third-order valence-corrected chi connectivity index (χ3v) is 5.46. The average Bonchev–Trinajstić information content (AvgIpc) is 3.05. The zero-order chi connectivity index (χ0) is 20.5. The predicted octanol–water partition coefficient (Wildman–Crippen LogP) is 3.65. The topological polar surface area (TPSA) is 64.0 Å². The van der Waals surface area contributed by atoms with Gasteiger partial charge in [0.25, 0.3) is 0 Å². The fraction of sp³-hybridized carbons (Fsp3) is 0.167. The van der Waals surface area contributed by atoms with Crippen LogP contribution in [0, 0.1) is 5.82 Å². The third kappa shape index (κ3) is 4.23. The maximum absolute atomic E-state index is 13.7. The van der Waals surface area contributed by atoms with E-state index in [4.69, 9.17) is 0 Å². The van der Waals surface area contributed by atoms with Gasteiger partial charge >= 0.3 is 6.18 Å². The number of hydrogen-bond acceptors (Lipinski definition) is 3. The van der Waals surface area contributed by atoms with Gasteiger partial charge in [-0.05, 0) is 35.9 Å². The Kier molecular flexibility index (Phi) is 5.26. The summed E-state index contributed by atoms with van der Waals surface area (Å²) in [4.78, 5) is 3.53.